The zero-order valence-corrected chi connectivity index (χ0v) is 7.16. The molecule has 2 saturated heterocycles. The van der Waals surface area contributed by atoms with Gasteiger partial charge in [0.2, 0.25) is 0 Å². The maximum Gasteiger partial charge on any atom is 0.183 e. The van der Waals surface area contributed by atoms with Crippen molar-refractivity contribution in [3.8, 4) is 0 Å². The SMILES string of the molecule is [B]N1C2CCCC1CN(C)C2. The topological polar surface area (TPSA) is 6.48 Å². The number of hydrogen-bond donors (Lipinski definition) is 0. The van der Waals surface area contributed by atoms with E-state index < -0.39 is 0 Å². The summed E-state index contributed by atoms with van der Waals surface area (Å²) in [5.74, 6) is 0. The van der Waals surface area contributed by atoms with Gasteiger partial charge in [-0.15, -0.1) is 0 Å². The Balaban J connectivity index is 2.07. The minimum atomic E-state index is 0.632. The molecule has 2 radical (unpaired) electrons. The van der Waals surface area contributed by atoms with E-state index >= 15 is 0 Å². The summed E-state index contributed by atoms with van der Waals surface area (Å²) >= 11 is 0. The lowest BCUT2D eigenvalue weighted by Gasteiger charge is -2.48. The lowest BCUT2D eigenvalue weighted by Crippen LogP contribution is -2.58. The Morgan fingerprint density at radius 2 is 1.73 bits per heavy atom. The number of piperidine rings is 1. The molecule has 2 atom stereocenters. The van der Waals surface area contributed by atoms with Gasteiger partial charge in [0.25, 0.3) is 0 Å². The molecule has 0 spiro atoms. The van der Waals surface area contributed by atoms with Crippen LogP contribution in [-0.4, -0.2) is 49.9 Å². The molecule has 0 N–H and O–H groups in total. The van der Waals surface area contributed by atoms with E-state index in [0.717, 1.165) is 13.1 Å². The van der Waals surface area contributed by atoms with Gasteiger partial charge in [-0.25, -0.2) is 0 Å². The van der Waals surface area contributed by atoms with Crippen LogP contribution in [0.5, 0.6) is 0 Å². The number of likely N-dealkylation sites (tertiary alicyclic amines) is 1. The van der Waals surface area contributed by atoms with Gasteiger partial charge in [-0.3, -0.25) is 0 Å². The molecule has 0 aliphatic carbocycles. The molecule has 0 amide bonds. The maximum atomic E-state index is 5.95. The third kappa shape index (κ3) is 1.32. The van der Waals surface area contributed by atoms with Crippen LogP contribution >= 0.6 is 0 Å². The van der Waals surface area contributed by atoms with Crippen LogP contribution in [0.2, 0.25) is 0 Å². The normalized spacial score (nSPS) is 40.8. The number of nitrogens with zero attached hydrogens (tertiary/aromatic N) is 2. The number of likely N-dealkylation sites (N-methyl/N-ethyl adjacent to an activating group) is 1. The number of fused-ring (bicyclic) bond motifs is 2. The Bertz CT molecular complexity index is 137. The standard InChI is InChI=1S/C8H15BN2/c1-10-5-7-3-2-4-8(6-10)11(7)9/h7-8H,2-6H2,1H3. The molecule has 0 aromatic heterocycles. The molecule has 2 aliphatic heterocycles. The molecule has 11 heavy (non-hydrogen) atoms. The predicted molar refractivity (Wildman–Crippen MR) is 46.5 cm³/mol. The van der Waals surface area contributed by atoms with Crippen molar-refractivity contribution < 1.29 is 0 Å². The van der Waals surface area contributed by atoms with Crippen LogP contribution in [0.3, 0.4) is 0 Å². The first-order valence-electron chi connectivity index (χ1n) is 4.49. The fourth-order valence-electron chi connectivity index (χ4n) is 2.35. The van der Waals surface area contributed by atoms with Crippen molar-refractivity contribution in [3.63, 3.8) is 0 Å². The molecule has 0 aromatic rings. The van der Waals surface area contributed by atoms with Gasteiger partial charge < -0.3 is 9.71 Å². The van der Waals surface area contributed by atoms with Gasteiger partial charge in [0, 0.05) is 25.2 Å². The Kier molecular flexibility index (Phi) is 1.94. The molecule has 0 saturated carbocycles. The molecule has 0 aromatic carbocycles. The van der Waals surface area contributed by atoms with E-state index in [-0.39, 0.29) is 0 Å². The van der Waals surface area contributed by atoms with Crippen LogP contribution in [0.4, 0.5) is 0 Å². The zero-order valence-electron chi connectivity index (χ0n) is 7.16. The quantitative estimate of drug-likeness (QED) is 0.456. The summed E-state index contributed by atoms with van der Waals surface area (Å²) < 4.78 is 0. The Morgan fingerprint density at radius 3 is 2.27 bits per heavy atom. The van der Waals surface area contributed by atoms with Crippen LogP contribution < -0.4 is 0 Å². The average molecular weight is 150 g/mol. The van der Waals surface area contributed by atoms with Crippen molar-refractivity contribution in [1.29, 1.82) is 0 Å². The smallest absolute Gasteiger partial charge is 0.183 e. The second kappa shape index (κ2) is 2.79. The summed E-state index contributed by atoms with van der Waals surface area (Å²) in [6, 6.07) is 1.26. The van der Waals surface area contributed by atoms with Crippen LogP contribution in [0.15, 0.2) is 0 Å². The van der Waals surface area contributed by atoms with Crippen LogP contribution in [0, 0.1) is 0 Å². The molecule has 2 nitrogen and oxygen atoms in total. The number of piperazine rings is 1. The largest absolute Gasteiger partial charge is 0.346 e. The maximum absolute atomic E-state index is 5.95. The zero-order chi connectivity index (χ0) is 7.84. The molecular formula is C8H15BN2. The number of hydrogen-bond acceptors (Lipinski definition) is 2. The summed E-state index contributed by atoms with van der Waals surface area (Å²) in [5, 5.41) is 0. The Labute approximate surface area is 70.0 Å². The lowest BCUT2D eigenvalue weighted by atomic mass is 9.88. The van der Waals surface area contributed by atoms with E-state index in [0.29, 0.717) is 12.1 Å². The Morgan fingerprint density at radius 1 is 1.18 bits per heavy atom. The van der Waals surface area contributed by atoms with Gasteiger partial charge in [-0.1, -0.05) is 6.42 Å². The molecular weight excluding hydrogens is 135 g/mol. The van der Waals surface area contributed by atoms with Gasteiger partial charge >= 0.3 is 0 Å². The first-order chi connectivity index (χ1) is 5.27. The minimum Gasteiger partial charge on any atom is -0.346 e. The fourth-order valence-corrected chi connectivity index (χ4v) is 2.35. The van der Waals surface area contributed by atoms with Gasteiger partial charge in [0.1, 0.15) is 0 Å². The highest BCUT2D eigenvalue weighted by atomic mass is 15.3. The molecule has 3 heteroatoms. The molecule has 60 valence electrons. The fraction of sp³-hybridized carbons (Fsp3) is 1.00. The molecule has 2 heterocycles. The molecule has 2 unspecified atom stereocenters. The van der Waals surface area contributed by atoms with Gasteiger partial charge in [-0.05, 0) is 19.9 Å². The van der Waals surface area contributed by atoms with Gasteiger partial charge in [0.15, 0.2) is 7.98 Å². The lowest BCUT2D eigenvalue weighted by molar-refractivity contribution is 0.0674. The summed E-state index contributed by atoms with van der Waals surface area (Å²) in [4.78, 5) is 4.49. The second-order valence-corrected chi connectivity index (χ2v) is 3.91. The van der Waals surface area contributed by atoms with Gasteiger partial charge in [-0.2, -0.15) is 0 Å². The van der Waals surface area contributed by atoms with Crippen molar-refractivity contribution >= 4 is 7.98 Å². The van der Waals surface area contributed by atoms with Crippen molar-refractivity contribution in [2.24, 2.45) is 0 Å². The summed E-state index contributed by atoms with van der Waals surface area (Å²) in [6.07, 6.45) is 3.95. The molecule has 2 aliphatic rings. The molecule has 2 bridgehead atoms. The predicted octanol–water partition coefficient (Wildman–Crippen LogP) is 0.238. The Hall–Kier alpha value is -0.0151. The van der Waals surface area contributed by atoms with E-state index in [4.69, 9.17) is 7.98 Å². The van der Waals surface area contributed by atoms with Gasteiger partial charge in [0.05, 0.1) is 0 Å². The first-order valence-corrected chi connectivity index (χ1v) is 4.49. The summed E-state index contributed by atoms with van der Waals surface area (Å²) in [5.41, 5.74) is 0. The summed E-state index contributed by atoms with van der Waals surface area (Å²) in [7, 11) is 8.15. The van der Waals surface area contributed by atoms with Crippen LogP contribution in [-0.2, 0) is 0 Å². The van der Waals surface area contributed by atoms with E-state index in [9.17, 15) is 0 Å². The highest BCUT2D eigenvalue weighted by Crippen LogP contribution is 2.25. The third-order valence-corrected chi connectivity index (χ3v) is 2.96. The number of rotatable bonds is 0. The highest BCUT2D eigenvalue weighted by molar-refractivity contribution is 6.05. The monoisotopic (exact) mass is 150 g/mol. The van der Waals surface area contributed by atoms with Crippen LogP contribution in [0.25, 0.3) is 0 Å². The van der Waals surface area contributed by atoms with E-state index in [1.807, 2.05) is 0 Å². The van der Waals surface area contributed by atoms with Crippen molar-refractivity contribution in [2.75, 3.05) is 20.1 Å². The van der Waals surface area contributed by atoms with E-state index in [1.165, 1.54) is 19.3 Å². The summed E-state index contributed by atoms with van der Waals surface area (Å²) in [6.45, 7) is 2.32. The molecule has 2 rings (SSSR count). The average Bonchev–Trinajstić information content (AvgIpc) is 1.92. The van der Waals surface area contributed by atoms with Crippen molar-refractivity contribution in [3.05, 3.63) is 0 Å². The van der Waals surface area contributed by atoms with E-state index in [1.54, 1.807) is 0 Å². The third-order valence-electron chi connectivity index (χ3n) is 2.96. The highest BCUT2D eigenvalue weighted by Gasteiger charge is 2.32. The molecule has 2 fully saturated rings. The van der Waals surface area contributed by atoms with Crippen molar-refractivity contribution in [1.82, 2.24) is 9.71 Å². The van der Waals surface area contributed by atoms with Crippen LogP contribution in [0.1, 0.15) is 19.3 Å². The first kappa shape index (κ1) is 7.62. The van der Waals surface area contributed by atoms with E-state index in [2.05, 4.69) is 16.8 Å². The van der Waals surface area contributed by atoms with Crippen molar-refractivity contribution in [2.45, 2.75) is 31.3 Å². The minimum absolute atomic E-state index is 0.632. The second-order valence-electron chi connectivity index (χ2n) is 3.91.